The van der Waals surface area contributed by atoms with Gasteiger partial charge in [0.05, 0.1) is 22.7 Å². The number of para-hydroxylation sites is 1. The molecule has 0 aliphatic carbocycles. The quantitative estimate of drug-likeness (QED) is 0.359. The van der Waals surface area contributed by atoms with Gasteiger partial charge in [0.2, 0.25) is 11.8 Å². The Balaban J connectivity index is 1.48. The summed E-state index contributed by atoms with van der Waals surface area (Å²) in [5.74, 6) is -3.79. The van der Waals surface area contributed by atoms with Crippen LogP contribution in [-0.4, -0.2) is 89.1 Å². The molecular weight excluding hydrogens is 690 g/mol. The zero-order valence-corrected chi connectivity index (χ0v) is 28.5. The molecule has 2 aromatic rings. The number of hydrogen-bond acceptors (Lipinski definition) is 7. The van der Waals surface area contributed by atoms with Gasteiger partial charge in [0.15, 0.2) is 0 Å². The number of rotatable bonds is 5. The largest absolute Gasteiger partial charge is 0.455 e. The van der Waals surface area contributed by atoms with E-state index in [0.717, 1.165) is 0 Å². The van der Waals surface area contributed by atoms with Gasteiger partial charge < -0.3 is 29.3 Å². The summed E-state index contributed by atoms with van der Waals surface area (Å²) in [5.41, 5.74) is -0.336. The maximum absolute atomic E-state index is 14.8. The van der Waals surface area contributed by atoms with E-state index in [0.29, 0.717) is 27.2 Å². The van der Waals surface area contributed by atoms with Gasteiger partial charge >= 0.3 is 5.97 Å². The number of likely N-dealkylation sites (N-methyl/N-ethyl adjacent to an activating group) is 1. The molecule has 0 saturated carbocycles. The zero-order chi connectivity index (χ0) is 33.5. The van der Waals surface area contributed by atoms with Crippen LogP contribution >= 0.6 is 27.5 Å². The summed E-state index contributed by atoms with van der Waals surface area (Å²) >= 11 is 10.2. The molecule has 2 aromatic carbocycles. The molecule has 2 saturated heterocycles. The third-order valence-corrected chi connectivity index (χ3v) is 10.7. The number of carbonyl (C=O) groups is 4. The second kappa shape index (κ2) is 13.5. The van der Waals surface area contributed by atoms with Crippen LogP contribution in [0.5, 0.6) is 0 Å². The fraction of sp³-hybridized carbons (Fsp3) is 0.429. The van der Waals surface area contributed by atoms with Crippen LogP contribution < -0.4 is 4.90 Å². The number of esters is 1. The van der Waals surface area contributed by atoms with Gasteiger partial charge in [-0.25, -0.2) is 0 Å². The Morgan fingerprint density at radius 3 is 2.45 bits per heavy atom. The van der Waals surface area contributed by atoms with Crippen LogP contribution in [0.4, 0.5) is 5.69 Å². The van der Waals surface area contributed by atoms with Gasteiger partial charge in [-0.1, -0.05) is 82.1 Å². The van der Waals surface area contributed by atoms with Crippen molar-refractivity contribution in [3.63, 3.8) is 0 Å². The zero-order valence-electron chi connectivity index (χ0n) is 26.1. The molecular formula is C35H37BrClN3O7. The summed E-state index contributed by atoms with van der Waals surface area (Å²) in [6.07, 6.45) is 4.54. The number of ether oxygens (including phenoxy) is 2. The number of cyclic esters (lactones) is 1. The van der Waals surface area contributed by atoms with E-state index in [1.54, 1.807) is 48.4 Å². The van der Waals surface area contributed by atoms with Crippen LogP contribution in [0, 0.1) is 11.8 Å². The van der Waals surface area contributed by atoms with Crippen molar-refractivity contribution in [2.24, 2.45) is 11.8 Å². The van der Waals surface area contributed by atoms with Crippen molar-refractivity contribution >= 4 is 56.9 Å². The smallest absolute Gasteiger partial charge is 0.313 e. The molecule has 6 rings (SSSR count). The summed E-state index contributed by atoms with van der Waals surface area (Å²) in [6, 6.07) is 14.4. The van der Waals surface area contributed by atoms with Gasteiger partial charge in [0, 0.05) is 37.6 Å². The van der Waals surface area contributed by atoms with Crippen LogP contribution in [0.2, 0.25) is 5.02 Å². The lowest BCUT2D eigenvalue weighted by atomic mass is 9.74. The number of aliphatic hydroxyl groups excluding tert-OH is 1. The lowest BCUT2D eigenvalue weighted by Gasteiger charge is -2.36. The molecule has 1 N–H and O–H groups in total. The van der Waals surface area contributed by atoms with Gasteiger partial charge in [0.1, 0.15) is 29.8 Å². The molecule has 7 atom stereocenters. The van der Waals surface area contributed by atoms with E-state index in [9.17, 15) is 24.3 Å². The molecule has 1 spiro atoms. The van der Waals surface area contributed by atoms with E-state index < -0.39 is 59.5 Å². The van der Waals surface area contributed by atoms with Crippen LogP contribution in [-0.2, 0) is 28.7 Å². The number of likely N-dealkylation sites (tertiary alicyclic amines) is 1. The predicted octanol–water partition coefficient (Wildman–Crippen LogP) is 4.41. The maximum atomic E-state index is 14.8. The standard InChI is InChI=1S/C35H37BrClN3O7/c1-21-29(22-12-5-3-6-13-22)46-34(45)27-28-32(43)40(18-11-19-41)31(35(28)20-23(36)30(27)47-35)33(44)39(25-15-9-8-14-24(25)37)17-10-4-7-16-26(42)38(21)2/h3-6,8-10,12-15,20-21,27-31,41H,7,11,16-19H2,1-2H3/b10-4-/t21-,27+,28-,29+,30+,31+,35-/m1/s1. The van der Waals surface area contributed by atoms with Gasteiger partial charge in [-0.15, -0.1) is 0 Å². The Labute approximate surface area is 287 Å². The summed E-state index contributed by atoms with van der Waals surface area (Å²) in [5, 5.41) is 10.1. The van der Waals surface area contributed by atoms with E-state index in [1.165, 1.54) is 9.80 Å². The highest BCUT2D eigenvalue weighted by Crippen LogP contribution is 2.59. The van der Waals surface area contributed by atoms with Crippen molar-refractivity contribution in [1.29, 1.82) is 0 Å². The van der Waals surface area contributed by atoms with E-state index in [4.69, 9.17) is 21.1 Å². The minimum Gasteiger partial charge on any atom is -0.455 e. The van der Waals surface area contributed by atoms with Gasteiger partial charge in [0.25, 0.3) is 5.91 Å². The number of benzene rings is 2. The van der Waals surface area contributed by atoms with Crippen LogP contribution in [0.1, 0.15) is 37.9 Å². The molecule has 2 fully saturated rings. The Morgan fingerprint density at radius 2 is 1.72 bits per heavy atom. The van der Waals surface area contributed by atoms with E-state index in [1.807, 2.05) is 43.3 Å². The third-order valence-electron chi connectivity index (χ3n) is 9.69. The molecule has 10 nitrogen and oxygen atoms in total. The summed E-state index contributed by atoms with van der Waals surface area (Å²) < 4.78 is 13.4. The number of nitrogens with zero attached hydrogens (tertiary/aromatic N) is 3. The number of carbonyl (C=O) groups excluding carboxylic acids is 4. The fourth-order valence-corrected chi connectivity index (χ4v) is 8.25. The summed E-state index contributed by atoms with van der Waals surface area (Å²) in [7, 11) is 1.69. The first-order valence-electron chi connectivity index (χ1n) is 15.8. The van der Waals surface area contributed by atoms with Gasteiger partial charge in [-0.3, -0.25) is 19.2 Å². The molecule has 3 amide bonds. The summed E-state index contributed by atoms with van der Waals surface area (Å²) in [4.78, 5) is 61.4. The van der Waals surface area contributed by atoms with Gasteiger partial charge in [-0.2, -0.15) is 0 Å². The molecule has 0 aromatic heterocycles. The first kappa shape index (κ1) is 33.4. The number of halogens is 2. The highest BCUT2D eigenvalue weighted by molar-refractivity contribution is 9.11. The highest BCUT2D eigenvalue weighted by atomic mass is 79.9. The second-order valence-electron chi connectivity index (χ2n) is 12.4. The molecule has 47 heavy (non-hydrogen) atoms. The Morgan fingerprint density at radius 1 is 1.00 bits per heavy atom. The van der Waals surface area contributed by atoms with Crippen molar-refractivity contribution in [2.45, 2.75) is 56.1 Å². The molecule has 248 valence electrons. The molecule has 5 bridgehead atoms. The molecule has 0 radical (unpaired) electrons. The molecule has 4 aliphatic heterocycles. The number of allylic oxidation sites excluding steroid dienone is 1. The Bertz CT molecular complexity index is 1620. The number of anilines is 1. The lowest BCUT2D eigenvalue weighted by Crippen LogP contribution is -2.56. The number of amides is 3. The summed E-state index contributed by atoms with van der Waals surface area (Å²) in [6.45, 7) is 1.82. The van der Waals surface area contributed by atoms with Crippen LogP contribution in [0.15, 0.2) is 77.3 Å². The minimum absolute atomic E-state index is 0.0774. The third kappa shape index (κ3) is 5.81. The van der Waals surface area contributed by atoms with Crippen molar-refractivity contribution in [3.05, 3.63) is 87.9 Å². The first-order chi connectivity index (χ1) is 22.6. The average molecular weight is 727 g/mol. The maximum Gasteiger partial charge on any atom is 0.313 e. The molecule has 0 unspecified atom stereocenters. The minimum atomic E-state index is -1.48. The second-order valence-corrected chi connectivity index (χ2v) is 13.7. The van der Waals surface area contributed by atoms with Crippen molar-refractivity contribution in [3.8, 4) is 0 Å². The average Bonchev–Trinajstić information content (AvgIpc) is 3.66. The molecule has 4 aliphatic rings. The van der Waals surface area contributed by atoms with E-state index in [-0.39, 0.29) is 38.4 Å². The fourth-order valence-electron chi connectivity index (χ4n) is 7.27. The Kier molecular flexibility index (Phi) is 9.62. The number of fused-ring (bicyclic) bond motifs is 2. The number of aliphatic hydroxyl groups is 1. The Hall–Kier alpha value is -3.51. The highest BCUT2D eigenvalue weighted by Gasteiger charge is 2.75. The van der Waals surface area contributed by atoms with Crippen LogP contribution in [0.3, 0.4) is 0 Å². The topological polar surface area (TPSA) is 117 Å². The van der Waals surface area contributed by atoms with Crippen molar-refractivity contribution in [1.82, 2.24) is 9.80 Å². The first-order valence-corrected chi connectivity index (χ1v) is 17.0. The van der Waals surface area contributed by atoms with Crippen molar-refractivity contribution in [2.75, 3.05) is 31.6 Å². The van der Waals surface area contributed by atoms with Gasteiger partial charge in [-0.05, 0) is 43.5 Å². The molecule has 12 heteroatoms. The molecule has 4 heterocycles. The SMILES string of the molecule is C[C@@H]1[C@@H](c2ccccc2)OC(=O)[C@@H]2[C@H]3O[C@@]4(C=C3Br)[C@H](C(=O)N(c3ccccc3Cl)C/C=C\CCC(=O)N1C)N(CCCO)C(=O)[C@@H]24. The normalized spacial score (nSPS) is 32.0. The lowest BCUT2D eigenvalue weighted by molar-refractivity contribution is -0.164. The predicted molar refractivity (Wildman–Crippen MR) is 178 cm³/mol. The van der Waals surface area contributed by atoms with Crippen molar-refractivity contribution < 1.29 is 33.8 Å². The van der Waals surface area contributed by atoms with E-state index >= 15 is 0 Å². The van der Waals surface area contributed by atoms with Crippen LogP contribution in [0.25, 0.3) is 0 Å². The van der Waals surface area contributed by atoms with E-state index in [2.05, 4.69) is 15.9 Å². The number of hydrogen-bond donors (Lipinski definition) is 1. The monoisotopic (exact) mass is 725 g/mol.